The average Bonchev–Trinajstić information content (AvgIpc) is 2.26. The molecular formula is C11H15ClN2O5S. The number of nitro benzene ring substituents is 1. The fraction of sp³-hybridized carbons (Fsp3) is 0.455. The number of nitrogens with one attached hydrogen (secondary N) is 1. The Morgan fingerprint density at radius 2 is 2.00 bits per heavy atom. The summed E-state index contributed by atoms with van der Waals surface area (Å²) in [5, 5.41) is 20.5. The Labute approximate surface area is 121 Å². The molecule has 0 fully saturated rings. The molecule has 2 N–H and O–H groups in total. The molecule has 1 rings (SSSR count). The van der Waals surface area contributed by atoms with Crippen molar-refractivity contribution in [1.29, 1.82) is 0 Å². The van der Waals surface area contributed by atoms with E-state index < -0.39 is 37.2 Å². The molecule has 0 saturated heterocycles. The third-order valence-electron chi connectivity index (χ3n) is 2.85. The molecule has 0 aliphatic carbocycles. The van der Waals surface area contributed by atoms with Crippen molar-refractivity contribution in [2.24, 2.45) is 0 Å². The third kappa shape index (κ3) is 3.66. The Balaban J connectivity index is 3.34. The van der Waals surface area contributed by atoms with E-state index in [1.807, 2.05) is 0 Å². The van der Waals surface area contributed by atoms with Crippen molar-refractivity contribution in [1.82, 2.24) is 4.72 Å². The highest BCUT2D eigenvalue weighted by Crippen LogP contribution is 2.28. The largest absolute Gasteiger partial charge is 0.391 e. The van der Waals surface area contributed by atoms with Gasteiger partial charge in [0.15, 0.2) is 4.90 Å². The summed E-state index contributed by atoms with van der Waals surface area (Å²) in [5.41, 5.74) is -1.79. The van der Waals surface area contributed by atoms with Gasteiger partial charge in [-0.05, 0) is 32.9 Å². The van der Waals surface area contributed by atoms with Gasteiger partial charge in [0, 0.05) is 11.1 Å². The molecule has 7 nitrogen and oxygen atoms in total. The molecule has 112 valence electrons. The molecule has 0 spiro atoms. The van der Waals surface area contributed by atoms with Gasteiger partial charge in [0.25, 0.3) is 5.69 Å². The highest BCUT2D eigenvalue weighted by atomic mass is 35.5. The second kappa shape index (κ2) is 5.65. The van der Waals surface area contributed by atoms with Crippen molar-refractivity contribution in [2.75, 3.05) is 0 Å². The monoisotopic (exact) mass is 322 g/mol. The van der Waals surface area contributed by atoms with Gasteiger partial charge in [-0.2, -0.15) is 0 Å². The summed E-state index contributed by atoms with van der Waals surface area (Å²) < 4.78 is 26.7. The number of hydrogen-bond donors (Lipinski definition) is 2. The lowest BCUT2D eigenvalue weighted by Crippen LogP contribution is -2.50. The normalized spacial score (nSPS) is 14.1. The van der Waals surface area contributed by atoms with E-state index in [0.29, 0.717) is 0 Å². The molecule has 0 heterocycles. The van der Waals surface area contributed by atoms with Gasteiger partial charge in [-0.25, -0.2) is 13.1 Å². The zero-order valence-corrected chi connectivity index (χ0v) is 12.7. The van der Waals surface area contributed by atoms with Gasteiger partial charge in [-0.3, -0.25) is 10.1 Å². The maximum atomic E-state index is 12.2. The molecule has 0 saturated carbocycles. The summed E-state index contributed by atoms with van der Waals surface area (Å²) >= 11 is 5.63. The quantitative estimate of drug-likeness (QED) is 0.633. The van der Waals surface area contributed by atoms with Crippen molar-refractivity contribution in [2.45, 2.75) is 37.3 Å². The predicted octanol–water partition coefficient (Wildman–Crippen LogP) is 1.69. The summed E-state index contributed by atoms with van der Waals surface area (Å²) in [4.78, 5) is 9.60. The third-order valence-corrected chi connectivity index (χ3v) is 4.80. The Morgan fingerprint density at radius 1 is 1.45 bits per heavy atom. The van der Waals surface area contributed by atoms with Crippen LogP contribution in [0.3, 0.4) is 0 Å². The summed E-state index contributed by atoms with van der Waals surface area (Å²) in [7, 11) is -4.17. The number of nitro groups is 1. The minimum Gasteiger partial charge on any atom is -0.391 e. The molecule has 1 aromatic carbocycles. The van der Waals surface area contributed by atoms with E-state index in [0.717, 1.165) is 12.1 Å². The molecule has 0 aliphatic rings. The van der Waals surface area contributed by atoms with Gasteiger partial charge in [0.2, 0.25) is 10.0 Å². The number of aliphatic hydroxyl groups is 1. The Morgan fingerprint density at radius 3 is 2.45 bits per heavy atom. The maximum Gasteiger partial charge on any atom is 0.290 e. The second-order valence-electron chi connectivity index (χ2n) is 4.87. The van der Waals surface area contributed by atoms with Crippen LogP contribution in [0.5, 0.6) is 0 Å². The molecule has 1 unspecified atom stereocenters. The lowest BCUT2D eigenvalue weighted by Gasteiger charge is -2.28. The fourth-order valence-corrected chi connectivity index (χ4v) is 3.14. The molecule has 0 radical (unpaired) electrons. The van der Waals surface area contributed by atoms with Gasteiger partial charge in [-0.1, -0.05) is 11.6 Å². The van der Waals surface area contributed by atoms with Gasteiger partial charge >= 0.3 is 0 Å². The molecule has 1 atom stereocenters. The van der Waals surface area contributed by atoms with Crippen LogP contribution in [0.15, 0.2) is 23.1 Å². The first-order valence-corrected chi connectivity index (χ1v) is 7.49. The zero-order valence-electron chi connectivity index (χ0n) is 11.1. The highest BCUT2D eigenvalue weighted by molar-refractivity contribution is 7.89. The summed E-state index contributed by atoms with van der Waals surface area (Å²) in [6.07, 6.45) is -0.983. The van der Waals surface area contributed by atoms with Crippen molar-refractivity contribution in [3.63, 3.8) is 0 Å². The first-order valence-electron chi connectivity index (χ1n) is 5.63. The highest BCUT2D eigenvalue weighted by Gasteiger charge is 2.34. The number of hydrogen-bond acceptors (Lipinski definition) is 5. The van der Waals surface area contributed by atoms with Crippen molar-refractivity contribution in [3.05, 3.63) is 33.3 Å². The van der Waals surface area contributed by atoms with Crippen molar-refractivity contribution in [3.8, 4) is 0 Å². The van der Waals surface area contributed by atoms with Crippen LogP contribution in [0.1, 0.15) is 20.8 Å². The molecule has 0 aliphatic heterocycles. The Kier molecular flexibility index (Phi) is 4.75. The summed E-state index contributed by atoms with van der Waals surface area (Å²) in [5.74, 6) is 0. The van der Waals surface area contributed by atoms with Crippen LogP contribution in [-0.4, -0.2) is 30.1 Å². The average molecular weight is 323 g/mol. The molecule has 0 aromatic heterocycles. The Hall–Kier alpha value is -1.22. The van der Waals surface area contributed by atoms with E-state index in [-0.39, 0.29) is 5.02 Å². The van der Waals surface area contributed by atoms with Gasteiger partial charge in [0.05, 0.1) is 16.6 Å². The van der Waals surface area contributed by atoms with Crippen LogP contribution in [0, 0.1) is 10.1 Å². The zero-order chi connectivity index (χ0) is 15.7. The van der Waals surface area contributed by atoms with Crippen LogP contribution in [0.4, 0.5) is 5.69 Å². The topological polar surface area (TPSA) is 110 Å². The predicted molar refractivity (Wildman–Crippen MR) is 74.2 cm³/mol. The SMILES string of the molecule is CC(O)C(C)(C)NS(=O)(=O)c1ccc(Cl)cc1[N+](=O)[O-]. The van der Waals surface area contributed by atoms with Crippen molar-refractivity contribution < 1.29 is 18.4 Å². The van der Waals surface area contributed by atoms with E-state index in [9.17, 15) is 23.6 Å². The minimum absolute atomic E-state index is 0.0606. The van der Waals surface area contributed by atoms with E-state index in [1.165, 1.54) is 26.8 Å². The molecule has 9 heteroatoms. The number of benzene rings is 1. The smallest absolute Gasteiger partial charge is 0.290 e. The lowest BCUT2D eigenvalue weighted by atomic mass is 10.0. The van der Waals surface area contributed by atoms with E-state index in [4.69, 9.17) is 11.6 Å². The summed E-state index contributed by atoms with van der Waals surface area (Å²) in [6.45, 7) is 4.35. The number of nitrogens with zero attached hydrogens (tertiary/aromatic N) is 1. The number of halogens is 1. The number of aliphatic hydroxyl groups excluding tert-OH is 1. The van der Waals surface area contributed by atoms with Crippen LogP contribution >= 0.6 is 11.6 Å². The van der Waals surface area contributed by atoms with E-state index in [2.05, 4.69) is 4.72 Å². The lowest BCUT2D eigenvalue weighted by molar-refractivity contribution is -0.387. The number of rotatable bonds is 5. The van der Waals surface area contributed by atoms with Crippen LogP contribution in [0.2, 0.25) is 5.02 Å². The standard InChI is InChI=1S/C11H15ClN2O5S/c1-7(15)11(2,3)13-20(18,19)10-5-4-8(12)6-9(10)14(16)17/h4-7,13,15H,1-3H3. The van der Waals surface area contributed by atoms with Crippen LogP contribution in [-0.2, 0) is 10.0 Å². The number of sulfonamides is 1. The maximum absolute atomic E-state index is 12.2. The van der Waals surface area contributed by atoms with E-state index >= 15 is 0 Å². The first-order chi connectivity index (χ1) is 8.97. The molecule has 0 bridgehead atoms. The van der Waals surface area contributed by atoms with E-state index in [1.54, 1.807) is 0 Å². The Bertz CT molecular complexity index is 628. The van der Waals surface area contributed by atoms with Crippen LogP contribution < -0.4 is 4.72 Å². The first kappa shape index (κ1) is 16.8. The van der Waals surface area contributed by atoms with Crippen LogP contribution in [0.25, 0.3) is 0 Å². The molecule has 20 heavy (non-hydrogen) atoms. The molecular weight excluding hydrogens is 308 g/mol. The van der Waals surface area contributed by atoms with Gasteiger partial charge in [0.1, 0.15) is 0 Å². The van der Waals surface area contributed by atoms with Gasteiger partial charge < -0.3 is 5.11 Å². The molecule has 1 aromatic rings. The summed E-state index contributed by atoms with van der Waals surface area (Å²) in [6, 6.07) is 3.27. The molecule has 0 amide bonds. The minimum atomic E-state index is -4.17. The fourth-order valence-electron chi connectivity index (χ4n) is 1.35. The van der Waals surface area contributed by atoms with Crippen molar-refractivity contribution >= 4 is 27.3 Å². The van der Waals surface area contributed by atoms with Gasteiger partial charge in [-0.15, -0.1) is 0 Å². The second-order valence-corrected chi connectivity index (χ2v) is 6.96.